The lowest BCUT2D eigenvalue weighted by molar-refractivity contribution is -0.110. The van der Waals surface area contributed by atoms with E-state index in [4.69, 9.17) is 4.74 Å². The summed E-state index contributed by atoms with van der Waals surface area (Å²) in [7, 11) is 0. The number of anilines is 2. The zero-order valence-electron chi connectivity index (χ0n) is 15.8. The summed E-state index contributed by atoms with van der Waals surface area (Å²) in [5.41, 5.74) is 2.96. The third-order valence-electron chi connectivity index (χ3n) is 5.17. The Balaban J connectivity index is 1.44. The summed E-state index contributed by atoms with van der Waals surface area (Å²) in [4.78, 5) is 39.1. The third-order valence-corrected chi connectivity index (χ3v) is 6.15. The first kappa shape index (κ1) is 18.1. The Bertz CT molecular complexity index is 1130. The van der Waals surface area contributed by atoms with Crippen molar-refractivity contribution in [3.63, 3.8) is 0 Å². The molecule has 0 bridgehead atoms. The fourth-order valence-corrected chi connectivity index (χ4v) is 4.59. The Morgan fingerprint density at radius 1 is 1.34 bits per heavy atom. The first-order chi connectivity index (χ1) is 14.1. The summed E-state index contributed by atoms with van der Waals surface area (Å²) < 4.78 is 5.42. The highest BCUT2D eigenvalue weighted by Crippen LogP contribution is 2.35. The average Bonchev–Trinajstić information content (AvgIpc) is 3.31. The summed E-state index contributed by atoms with van der Waals surface area (Å²) in [5, 5.41) is 4.19. The first-order valence-corrected chi connectivity index (χ1v) is 10.2. The number of hydrogen-bond acceptors (Lipinski definition) is 7. The van der Waals surface area contributed by atoms with Gasteiger partial charge < -0.3 is 19.9 Å². The van der Waals surface area contributed by atoms with Gasteiger partial charge in [-0.1, -0.05) is 17.8 Å². The van der Waals surface area contributed by atoms with Crippen LogP contribution in [-0.2, 0) is 16.0 Å². The van der Waals surface area contributed by atoms with Gasteiger partial charge >= 0.3 is 0 Å². The van der Waals surface area contributed by atoms with Gasteiger partial charge in [0.1, 0.15) is 23.5 Å². The van der Waals surface area contributed by atoms with Crippen molar-refractivity contribution in [1.82, 2.24) is 19.9 Å². The summed E-state index contributed by atoms with van der Waals surface area (Å²) in [6, 6.07) is 7.65. The van der Waals surface area contributed by atoms with Gasteiger partial charge in [0.15, 0.2) is 5.12 Å². The van der Waals surface area contributed by atoms with Crippen LogP contribution in [0.15, 0.2) is 35.5 Å². The first-order valence-electron chi connectivity index (χ1n) is 9.41. The predicted octanol–water partition coefficient (Wildman–Crippen LogP) is 2.74. The minimum absolute atomic E-state index is 0.0259. The molecular formula is C20H19N5O3S. The quantitative estimate of drug-likeness (QED) is 0.686. The van der Waals surface area contributed by atoms with Crippen LogP contribution in [0.4, 0.5) is 11.5 Å². The number of hydrogen-bond donors (Lipinski definition) is 2. The number of nitrogens with one attached hydrogen (secondary N) is 2. The van der Waals surface area contributed by atoms with Crippen molar-refractivity contribution in [2.75, 3.05) is 25.1 Å². The number of thioether (sulfide) groups is 1. The lowest BCUT2D eigenvalue weighted by Crippen LogP contribution is -2.47. The third kappa shape index (κ3) is 3.36. The Kier molecular flexibility index (Phi) is 4.48. The summed E-state index contributed by atoms with van der Waals surface area (Å²) in [5.74, 6) is 0.534. The topological polar surface area (TPSA) is 100 Å². The van der Waals surface area contributed by atoms with Crippen LogP contribution in [0.3, 0.4) is 0 Å². The van der Waals surface area contributed by atoms with Crippen LogP contribution >= 0.6 is 11.8 Å². The molecule has 29 heavy (non-hydrogen) atoms. The second-order valence-corrected chi connectivity index (χ2v) is 8.29. The number of H-pyrrole nitrogens is 1. The van der Waals surface area contributed by atoms with Crippen LogP contribution in [0, 0.1) is 0 Å². The van der Waals surface area contributed by atoms with Crippen LogP contribution in [0.1, 0.15) is 23.0 Å². The van der Waals surface area contributed by atoms with Gasteiger partial charge in [-0.05, 0) is 30.7 Å². The van der Waals surface area contributed by atoms with Gasteiger partial charge in [-0.15, -0.1) is 0 Å². The van der Waals surface area contributed by atoms with E-state index in [1.54, 1.807) is 6.07 Å². The van der Waals surface area contributed by atoms with E-state index in [0.717, 1.165) is 21.5 Å². The highest BCUT2D eigenvalue weighted by Gasteiger charge is 2.26. The molecule has 0 aliphatic carbocycles. The summed E-state index contributed by atoms with van der Waals surface area (Å²) in [6.45, 7) is 3.62. The van der Waals surface area contributed by atoms with Gasteiger partial charge in [0.25, 0.3) is 5.91 Å². The van der Waals surface area contributed by atoms with Crippen molar-refractivity contribution in [2.24, 2.45) is 0 Å². The maximum Gasteiger partial charge on any atom is 0.270 e. The van der Waals surface area contributed by atoms with Crippen molar-refractivity contribution in [3.8, 4) is 0 Å². The van der Waals surface area contributed by atoms with Crippen molar-refractivity contribution < 1.29 is 14.3 Å². The number of carbonyl (C=O) groups is 2. The predicted molar refractivity (Wildman–Crippen MR) is 109 cm³/mol. The Morgan fingerprint density at radius 2 is 2.24 bits per heavy atom. The molecule has 4 heterocycles. The lowest BCUT2D eigenvalue weighted by atomic mass is 10.1. The number of morpholine rings is 1. The molecule has 2 N–H and O–H groups in total. The highest BCUT2D eigenvalue weighted by molar-refractivity contribution is 8.14. The molecule has 0 unspecified atom stereocenters. The van der Waals surface area contributed by atoms with Crippen molar-refractivity contribution in [2.45, 2.75) is 24.3 Å². The largest absolute Gasteiger partial charge is 0.377 e. The molecule has 1 amide bonds. The monoisotopic (exact) mass is 409 g/mol. The van der Waals surface area contributed by atoms with E-state index in [-0.39, 0.29) is 17.1 Å². The fraction of sp³-hybridized carbons (Fsp3) is 0.300. The highest BCUT2D eigenvalue weighted by atomic mass is 32.2. The molecule has 1 saturated heterocycles. The molecule has 1 aromatic carbocycles. The summed E-state index contributed by atoms with van der Waals surface area (Å²) >= 11 is 1.27. The molecule has 5 rings (SSSR count). The maximum absolute atomic E-state index is 12.9. The molecule has 0 spiro atoms. The molecule has 2 aliphatic rings. The lowest BCUT2D eigenvalue weighted by Gasteiger charge is -2.32. The normalized spacial score (nSPS) is 18.9. The zero-order chi connectivity index (χ0) is 20.0. The van der Waals surface area contributed by atoms with Gasteiger partial charge in [-0.3, -0.25) is 9.59 Å². The number of aromatic amines is 1. The number of carbonyl (C=O) groups excluding carboxylic acids is 2. The average molecular weight is 409 g/mol. The van der Waals surface area contributed by atoms with Gasteiger partial charge in [0, 0.05) is 23.5 Å². The number of amides is 1. The van der Waals surface area contributed by atoms with E-state index >= 15 is 0 Å². The number of benzene rings is 1. The fourth-order valence-electron chi connectivity index (χ4n) is 3.66. The number of rotatable bonds is 3. The van der Waals surface area contributed by atoms with Crippen LogP contribution in [0.5, 0.6) is 0 Å². The van der Waals surface area contributed by atoms with Crippen molar-refractivity contribution in [1.29, 1.82) is 0 Å². The molecule has 2 aromatic heterocycles. The van der Waals surface area contributed by atoms with E-state index < -0.39 is 0 Å². The molecule has 2 aliphatic heterocycles. The van der Waals surface area contributed by atoms with Crippen LogP contribution < -0.4 is 5.32 Å². The molecular weight excluding hydrogens is 390 g/mol. The van der Waals surface area contributed by atoms with E-state index in [2.05, 4.69) is 20.3 Å². The Hall–Kier alpha value is -2.91. The SMILES string of the molecule is C[C@H]1COCCN1C(=O)c1cc2c(Nc3ccc4c(c3)SC(=O)C4)ncnc2[nH]1. The molecule has 0 saturated carbocycles. The van der Waals surface area contributed by atoms with Gasteiger partial charge in [0.05, 0.1) is 24.6 Å². The van der Waals surface area contributed by atoms with E-state index in [1.807, 2.05) is 30.0 Å². The Labute approximate surface area is 171 Å². The smallest absolute Gasteiger partial charge is 0.270 e. The molecule has 0 radical (unpaired) electrons. The van der Waals surface area contributed by atoms with Crippen LogP contribution in [0.2, 0.25) is 0 Å². The molecule has 9 heteroatoms. The van der Waals surface area contributed by atoms with Crippen LogP contribution in [0.25, 0.3) is 11.0 Å². The minimum atomic E-state index is -0.0720. The van der Waals surface area contributed by atoms with Crippen LogP contribution in [-0.4, -0.2) is 56.7 Å². The number of nitrogens with zero attached hydrogens (tertiary/aromatic N) is 3. The summed E-state index contributed by atoms with van der Waals surface area (Å²) in [6.07, 6.45) is 1.93. The number of aromatic nitrogens is 3. The van der Waals surface area contributed by atoms with Crippen molar-refractivity contribution in [3.05, 3.63) is 41.9 Å². The minimum Gasteiger partial charge on any atom is -0.377 e. The maximum atomic E-state index is 12.9. The standard InChI is InChI=1S/C20H19N5O3S/c1-11-9-28-5-4-25(11)20(27)15-8-14-18(21-10-22-19(14)24-15)23-13-3-2-12-6-17(26)29-16(12)7-13/h2-3,7-8,10-11H,4-6,9H2,1H3,(H2,21,22,23,24)/t11-/m0/s1. The molecule has 1 fully saturated rings. The Morgan fingerprint density at radius 3 is 3.10 bits per heavy atom. The van der Waals surface area contributed by atoms with Gasteiger partial charge in [0.2, 0.25) is 0 Å². The van der Waals surface area contributed by atoms with E-state index in [1.165, 1.54) is 18.1 Å². The van der Waals surface area contributed by atoms with Crippen molar-refractivity contribution >= 4 is 45.3 Å². The van der Waals surface area contributed by atoms with Gasteiger partial charge in [-0.2, -0.15) is 0 Å². The number of ether oxygens (including phenoxy) is 1. The second kappa shape index (κ2) is 7.16. The molecule has 3 aromatic rings. The second-order valence-electron chi connectivity index (χ2n) is 7.19. The number of fused-ring (bicyclic) bond motifs is 2. The zero-order valence-corrected chi connectivity index (χ0v) is 16.6. The van der Waals surface area contributed by atoms with E-state index in [9.17, 15) is 9.59 Å². The molecule has 8 nitrogen and oxygen atoms in total. The van der Waals surface area contributed by atoms with Gasteiger partial charge in [-0.25, -0.2) is 9.97 Å². The van der Waals surface area contributed by atoms with E-state index in [0.29, 0.717) is 43.3 Å². The molecule has 148 valence electrons. The molecule has 1 atom stereocenters.